The summed E-state index contributed by atoms with van der Waals surface area (Å²) in [5, 5.41) is 28.7. The van der Waals surface area contributed by atoms with Crippen molar-refractivity contribution in [3.8, 4) is 28.4 Å². The maximum absolute atomic E-state index is 12.2. The number of phenolic OH excluding ortho intramolecular Hbond substituents is 1. The Labute approximate surface area is 199 Å². The van der Waals surface area contributed by atoms with E-state index in [1.54, 1.807) is 0 Å². The van der Waals surface area contributed by atoms with Crippen LogP contribution < -0.4 is 9.92 Å². The second kappa shape index (κ2) is 8.57. The third-order valence-electron chi connectivity index (χ3n) is 5.30. The minimum Gasteiger partial charge on any atom is -0.507 e. The molecule has 0 amide bonds. The molecular weight excluding hydrogens is 458 g/mol. The van der Waals surface area contributed by atoms with E-state index in [1.807, 2.05) is 53.7 Å². The zero-order chi connectivity index (χ0) is 25.6. The molecule has 0 aliphatic carbocycles. The zero-order valence-electron chi connectivity index (χ0n) is 20.4. The lowest BCUT2D eigenvalue weighted by atomic mass is 9.78. The highest BCUT2D eigenvalue weighted by atomic mass is 32.2. The smallest absolute Gasteiger partial charge is 0.407 e. The Bertz CT molecular complexity index is 1280. The van der Waals surface area contributed by atoms with Crippen molar-refractivity contribution in [2.24, 2.45) is 0 Å². The van der Waals surface area contributed by atoms with Crippen molar-refractivity contribution in [2.45, 2.75) is 52.4 Å². The van der Waals surface area contributed by atoms with E-state index >= 15 is 0 Å². The highest BCUT2D eigenvalue weighted by Gasteiger charge is 2.28. The molecule has 10 nitrogen and oxygen atoms in total. The van der Waals surface area contributed by atoms with Crippen LogP contribution in [0.1, 0.15) is 52.7 Å². The normalized spacial score (nSPS) is 12.9. The number of anilines is 1. The number of nitrogen functional groups attached to an aromatic ring is 1. The van der Waals surface area contributed by atoms with Gasteiger partial charge in [0.25, 0.3) is 0 Å². The van der Waals surface area contributed by atoms with Gasteiger partial charge in [-0.25, -0.2) is 4.68 Å². The quantitative estimate of drug-likeness (QED) is 0.363. The molecule has 0 atom stereocenters. The van der Waals surface area contributed by atoms with Crippen molar-refractivity contribution in [3.63, 3.8) is 0 Å². The molecule has 1 aromatic heterocycles. The summed E-state index contributed by atoms with van der Waals surface area (Å²) in [6, 6.07) is 8.07. The summed E-state index contributed by atoms with van der Waals surface area (Å²) in [6.45, 7) is 12.0. The summed E-state index contributed by atoms with van der Waals surface area (Å²) in [5.41, 5.74) is 8.54. The Morgan fingerprint density at radius 2 is 1.59 bits per heavy atom. The second-order valence-corrected chi connectivity index (χ2v) is 11.7. The number of hydrogen-bond acceptors (Lipinski definition) is 8. The maximum atomic E-state index is 12.2. The molecule has 2 aromatic carbocycles. The Balaban J connectivity index is 2.28. The summed E-state index contributed by atoms with van der Waals surface area (Å²) >= 11 is 0. The molecule has 0 spiro atoms. The van der Waals surface area contributed by atoms with Gasteiger partial charge in [-0.15, -0.1) is 5.10 Å². The van der Waals surface area contributed by atoms with Gasteiger partial charge in [0.1, 0.15) is 11.4 Å². The number of nitrogens with zero attached hydrogens (tertiary/aromatic N) is 4. The van der Waals surface area contributed by atoms with Gasteiger partial charge in [-0.1, -0.05) is 51.2 Å². The average Bonchev–Trinajstić information content (AvgIpc) is 3.17. The zero-order valence-corrected chi connectivity index (χ0v) is 21.2. The van der Waals surface area contributed by atoms with Gasteiger partial charge in [0.15, 0.2) is 5.75 Å². The molecule has 0 bridgehead atoms. The molecule has 3 aromatic rings. The van der Waals surface area contributed by atoms with Crippen molar-refractivity contribution in [2.75, 3.05) is 12.8 Å². The number of hydrogen-bond donors (Lipinski definition) is 3. The van der Waals surface area contributed by atoms with E-state index in [9.17, 15) is 18.7 Å². The number of aromatic hydroxyl groups is 1. The fraction of sp³-hybridized carbons (Fsp3) is 0.391. The monoisotopic (exact) mass is 489 g/mol. The summed E-state index contributed by atoms with van der Waals surface area (Å²) in [7, 11) is -3.52. The first-order chi connectivity index (χ1) is 15.5. The molecule has 0 aliphatic heterocycles. The van der Waals surface area contributed by atoms with E-state index in [0.717, 1.165) is 18.2 Å². The first kappa shape index (κ1) is 25.5. The number of phenols is 1. The molecule has 1 heterocycles. The van der Waals surface area contributed by atoms with Crippen molar-refractivity contribution < 1.29 is 22.9 Å². The molecule has 0 saturated carbocycles. The molecule has 0 fully saturated rings. The van der Waals surface area contributed by atoms with Crippen molar-refractivity contribution in [1.29, 1.82) is 0 Å². The summed E-state index contributed by atoms with van der Waals surface area (Å²) < 4.78 is 30.8. The number of rotatable bonds is 5. The van der Waals surface area contributed by atoms with Gasteiger partial charge in [-0.05, 0) is 41.2 Å². The van der Waals surface area contributed by atoms with E-state index < -0.39 is 10.3 Å². The first-order valence-electron chi connectivity index (χ1n) is 10.6. The first-order valence-corrected chi connectivity index (χ1v) is 11.9. The van der Waals surface area contributed by atoms with Gasteiger partial charge in [-0.3, -0.25) is 5.21 Å². The summed E-state index contributed by atoms with van der Waals surface area (Å²) in [4.78, 5) is 0. The fourth-order valence-electron chi connectivity index (χ4n) is 3.47. The third-order valence-corrected chi connectivity index (χ3v) is 6.34. The molecule has 0 radical (unpaired) electrons. The lowest BCUT2D eigenvalue weighted by Gasteiger charge is -2.28. The fourth-order valence-corrected chi connectivity index (χ4v) is 3.95. The second-order valence-electron chi connectivity index (χ2n) is 10.2. The van der Waals surface area contributed by atoms with Gasteiger partial charge in [0.05, 0.1) is 11.9 Å². The maximum Gasteiger partial charge on any atom is 0.407 e. The van der Waals surface area contributed by atoms with Crippen LogP contribution in [-0.4, -0.2) is 45.2 Å². The number of nitrogens with two attached hydrogens (primary N) is 1. The van der Waals surface area contributed by atoms with Crippen molar-refractivity contribution >= 4 is 16.0 Å². The molecule has 34 heavy (non-hydrogen) atoms. The van der Waals surface area contributed by atoms with Gasteiger partial charge in [0, 0.05) is 29.4 Å². The highest BCUT2D eigenvalue weighted by Crippen LogP contribution is 2.42. The van der Waals surface area contributed by atoms with Gasteiger partial charge in [0.2, 0.25) is 0 Å². The van der Waals surface area contributed by atoms with Crippen LogP contribution in [0.4, 0.5) is 5.69 Å². The average molecular weight is 490 g/mol. The minimum atomic E-state index is -4.46. The predicted molar refractivity (Wildman–Crippen MR) is 129 cm³/mol. The van der Waals surface area contributed by atoms with Crippen LogP contribution in [0.15, 0.2) is 36.5 Å². The summed E-state index contributed by atoms with van der Waals surface area (Å²) in [5.74, 6) is 0.126. The molecule has 3 rings (SSSR count). The van der Waals surface area contributed by atoms with Crippen LogP contribution in [-0.2, 0) is 21.1 Å². The minimum absolute atomic E-state index is 0.0272. The number of hydroxylamine groups is 1. The standard InChI is InChI=1S/C23H31N5O5S/c1-22(2,3)16-10-14(11-17(21(16)29)23(4,5)6)19-13-25-26-28(19)18-12-15(24)8-9-20(18)33-34(31,32)27(7)30/h8-13,29-30H,24H2,1-7H3. The van der Waals surface area contributed by atoms with Gasteiger partial charge < -0.3 is 15.0 Å². The van der Waals surface area contributed by atoms with E-state index in [-0.39, 0.29) is 32.5 Å². The number of aromatic nitrogens is 3. The van der Waals surface area contributed by atoms with Crippen molar-refractivity contribution in [3.05, 3.63) is 47.7 Å². The topological polar surface area (TPSA) is 144 Å². The van der Waals surface area contributed by atoms with Crippen LogP contribution in [0.25, 0.3) is 16.9 Å². The van der Waals surface area contributed by atoms with Crippen LogP contribution in [0.5, 0.6) is 11.5 Å². The highest BCUT2D eigenvalue weighted by molar-refractivity contribution is 7.84. The largest absolute Gasteiger partial charge is 0.507 e. The van der Waals surface area contributed by atoms with Crippen LogP contribution in [0.3, 0.4) is 0 Å². The Morgan fingerprint density at radius 1 is 1.03 bits per heavy atom. The molecule has 0 aliphatic rings. The number of benzene rings is 2. The molecule has 11 heteroatoms. The summed E-state index contributed by atoms with van der Waals surface area (Å²) in [6.07, 6.45) is 1.53. The van der Waals surface area contributed by atoms with Gasteiger partial charge in [-0.2, -0.15) is 8.42 Å². The van der Waals surface area contributed by atoms with E-state index in [4.69, 9.17) is 9.92 Å². The molecule has 0 saturated heterocycles. The van der Waals surface area contributed by atoms with E-state index in [0.29, 0.717) is 16.9 Å². The lowest BCUT2D eigenvalue weighted by Crippen LogP contribution is -2.28. The van der Waals surface area contributed by atoms with Crippen molar-refractivity contribution in [1.82, 2.24) is 19.5 Å². The molecule has 184 valence electrons. The SMILES string of the molecule is CN(O)S(=O)(=O)Oc1ccc(N)cc1-n1nncc1-c1cc(C(C)(C)C)c(O)c(C(C)(C)C)c1. The predicted octanol–water partition coefficient (Wildman–Crippen LogP) is 3.76. The van der Waals surface area contributed by atoms with E-state index in [1.165, 1.54) is 29.1 Å². The molecule has 4 N–H and O–H groups in total. The van der Waals surface area contributed by atoms with Crippen LogP contribution >= 0.6 is 0 Å². The lowest BCUT2D eigenvalue weighted by molar-refractivity contribution is 0.0217. The Hall–Kier alpha value is -3.15. The Morgan fingerprint density at radius 3 is 2.09 bits per heavy atom. The van der Waals surface area contributed by atoms with Gasteiger partial charge >= 0.3 is 10.3 Å². The Kier molecular flexibility index (Phi) is 6.42. The van der Waals surface area contributed by atoms with E-state index in [2.05, 4.69) is 10.3 Å². The molecular formula is C23H31N5O5S. The molecule has 0 unspecified atom stereocenters. The third kappa shape index (κ3) is 5.01. The van der Waals surface area contributed by atoms with Crippen LogP contribution in [0.2, 0.25) is 0 Å². The van der Waals surface area contributed by atoms with Crippen LogP contribution in [0, 0.1) is 0 Å².